The topological polar surface area (TPSA) is 58.1 Å². The van der Waals surface area contributed by atoms with E-state index in [4.69, 9.17) is 11.6 Å². The number of carbonyl (C=O) groups is 1. The van der Waals surface area contributed by atoms with Gasteiger partial charge in [-0.2, -0.15) is 4.37 Å². The Bertz CT molecular complexity index is 961. The summed E-state index contributed by atoms with van der Waals surface area (Å²) in [5.74, 6) is 0.285. The zero-order chi connectivity index (χ0) is 19.5. The summed E-state index contributed by atoms with van der Waals surface area (Å²) in [5, 5.41) is 4.31. The van der Waals surface area contributed by atoms with Crippen LogP contribution < -0.4 is 10.2 Å². The second-order valence-corrected chi connectivity index (χ2v) is 7.81. The molecule has 5 nitrogen and oxygen atoms in total. The summed E-state index contributed by atoms with van der Waals surface area (Å²) >= 11 is 7.23. The van der Waals surface area contributed by atoms with Crippen molar-refractivity contribution in [3.8, 4) is 0 Å². The number of hydrogen-bond acceptors (Lipinski definition) is 5. The molecule has 144 valence electrons. The van der Waals surface area contributed by atoms with E-state index in [1.54, 1.807) is 12.1 Å². The first kappa shape index (κ1) is 18.8. The second kappa shape index (κ2) is 8.24. The summed E-state index contributed by atoms with van der Waals surface area (Å²) in [6.45, 7) is 0.761. The van der Waals surface area contributed by atoms with Crippen LogP contribution in [0.15, 0.2) is 48.5 Å². The first-order chi connectivity index (χ1) is 13.6. The molecule has 1 fully saturated rings. The van der Waals surface area contributed by atoms with Crippen LogP contribution in [0.5, 0.6) is 0 Å². The molecule has 1 amide bonds. The van der Waals surface area contributed by atoms with Crippen molar-refractivity contribution in [2.75, 3.05) is 16.8 Å². The maximum atomic E-state index is 13.0. The number of nitrogens with zero attached hydrogens (tertiary/aromatic N) is 3. The summed E-state index contributed by atoms with van der Waals surface area (Å²) < 4.78 is 17.5. The smallest absolute Gasteiger partial charge is 0.247 e. The number of benzene rings is 2. The molecule has 3 aromatic rings. The number of aromatic nitrogens is 2. The number of anilines is 2. The van der Waals surface area contributed by atoms with Crippen LogP contribution in [0.25, 0.3) is 0 Å². The average Bonchev–Trinajstić information content (AvgIpc) is 3.34. The molecule has 2 heterocycles. The minimum absolute atomic E-state index is 0.112. The fraction of sp³-hybridized carbons (Fsp3) is 0.250. The Hall–Kier alpha value is -2.51. The lowest BCUT2D eigenvalue weighted by atomic mass is 10.1. The van der Waals surface area contributed by atoms with Gasteiger partial charge in [0.1, 0.15) is 17.7 Å². The largest absolute Gasteiger partial charge is 0.335 e. The standard InChI is InChI=1S/C20H18ClFN4OS/c21-14-5-3-13(4-6-14)12-18-24-20(28-25-18)26-11-1-2-17(26)19(27)23-16-9-7-15(22)8-10-16/h3-10,17H,1-2,11-12H2,(H,23,27)/t17-/m0/s1. The van der Waals surface area contributed by atoms with Crippen LogP contribution in [0, 0.1) is 5.82 Å². The molecule has 8 heteroatoms. The van der Waals surface area contributed by atoms with E-state index in [0.29, 0.717) is 17.1 Å². The molecule has 0 unspecified atom stereocenters. The Labute approximate surface area is 171 Å². The quantitative estimate of drug-likeness (QED) is 0.664. The van der Waals surface area contributed by atoms with Gasteiger partial charge in [-0.1, -0.05) is 23.7 Å². The van der Waals surface area contributed by atoms with Gasteiger partial charge in [-0.25, -0.2) is 9.37 Å². The maximum Gasteiger partial charge on any atom is 0.247 e. The van der Waals surface area contributed by atoms with E-state index in [0.717, 1.165) is 35.9 Å². The van der Waals surface area contributed by atoms with Gasteiger partial charge in [-0.05, 0) is 54.8 Å². The molecule has 1 N–H and O–H groups in total. The van der Waals surface area contributed by atoms with Gasteiger partial charge in [0.25, 0.3) is 0 Å². The van der Waals surface area contributed by atoms with Gasteiger partial charge in [0.2, 0.25) is 11.0 Å². The van der Waals surface area contributed by atoms with Gasteiger partial charge in [0.05, 0.1) is 0 Å². The van der Waals surface area contributed by atoms with Gasteiger partial charge in [-0.3, -0.25) is 4.79 Å². The Morgan fingerprint density at radius 3 is 2.71 bits per heavy atom. The molecule has 1 saturated heterocycles. The number of hydrogen-bond donors (Lipinski definition) is 1. The summed E-state index contributed by atoms with van der Waals surface area (Å²) in [5.41, 5.74) is 1.67. The molecule has 28 heavy (non-hydrogen) atoms. The Kier molecular flexibility index (Phi) is 5.54. The van der Waals surface area contributed by atoms with E-state index in [9.17, 15) is 9.18 Å². The number of amides is 1. The lowest BCUT2D eigenvalue weighted by molar-refractivity contribution is -0.117. The Balaban J connectivity index is 1.44. The molecule has 1 aliphatic heterocycles. The minimum atomic E-state index is -0.331. The van der Waals surface area contributed by atoms with Crippen LogP contribution >= 0.6 is 23.1 Å². The van der Waals surface area contributed by atoms with Gasteiger partial charge in [0, 0.05) is 35.2 Å². The summed E-state index contributed by atoms with van der Waals surface area (Å²) in [6, 6.07) is 13.1. The number of carbonyl (C=O) groups excluding carboxylic acids is 1. The SMILES string of the molecule is O=C(Nc1ccc(F)cc1)[C@@H]1CCCN1c1nc(Cc2ccc(Cl)cc2)ns1. The third kappa shape index (κ3) is 4.31. The van der Waals surface area contributed by atoms with Crippen molar-refractivity contribution in [2.45, 2.75) is 25.3 Å². The molecule has 1 atom stereocenters. The highest BCUT2D eigenvalue weighted by Gasteiger charge is 2.33. The number of halogens is 2. The predicted molar refractivity (Wildman–Crippen MR) is 110 cm³/mol. The molecule has 0 radical (unpaired) electrons. The molecule has 4 rings (SSSR count). The fourth-order valence-corrected chi connectivity index (χ4v) is 4.13. The van der Waals surface area contributed by atoms with Crippen LogP contribution in [0.2, 0.25) is 5.02 Å². The maximum absolute atomic E-state index is 13.0. The molecular formula is C20H18ClFN4OS. The van der Waals surface area contributed by atoms with E-state index in [-0.39, 0.29) is 17.8 Å². The average molecular weight is 417 g/mol. The molecule has 0 spiro atoms. The minimum Gasteiger partial charge on any atom is -0.335 e. The van der Waals surface area contributed by atoms with Crippen LogP contribution in [-0.2, 0) is 11.2 Å². The van der Waals surface area contributed by atoms with E-state index in [2.05, 4.69) is 14.7 Å². The van der Waals surface area contributed by atoms with E-state index < -0.39 is 0 Å². The van der Waals surface area contributed by atoms with Gasteiger partial charge in [0.15, 0.2) is 0 Å². The van der Waals surface area contributed by atoms with E-state index in [1.165, 1.54) is 23.7 Å². The van der Waals surface area contributed by atoms with Crippen molar-refractivity contribution in [1.82, 2.24) is 9.36 Å². The molecule has 2 aromatic carbocycles. The van der Waals surface area contributed by atoms with Crippen LogP contribution in [0.1, 0.15) is 24.2 Å². The van der Waals surface area contributed by atoms with Crippen molar-refractivity contribution in [3.05, 3.63) is 70.8 Å². The lowest BCUT2D eigenvalue weighted by Crippen LogP contribution is -2.39. The van der Waals surface area contributed by atoms with Crippen molar-refractivity contribution in [3.63, 3.8) is 0 Å². The highest BCUT2D eigenvalue weighted by molar-refractivity contribution is 7.09. The first-order valence-corrected chi connectivity index (χ1v) is 10.1. The predicted octanol–water partition coefficient (Wildman–Crippen LogP) is 4.53. The zero-order valence-corrected chi connectivity index (χ0v) is 16.5. The van der Waals surface area contributed by atoms with Crippen molar-refractivity contribution >= 4 is 39.9 Å². The molecular weight excluding hydrogens is 399 g/mol. The highest BCUT2D eigenvalue weighted by Crippen LogP contribution is 2.28. The molecule has 0 bridgehead atoms. The normalized spacial score (nSPS) is 16.4. The third-order valence-corrected chi connectivity index (χ3v) is 5.69. The van der Waals surface area contributed by atoms with E-state index >= 15 is 0 Å². The summed E-state index contributed by atoms with van der Waals surface area (Å²) in [7, 11) is 0. The van der Waals surface area contributed by atoms with Crippen LogP contribution in [0.3, 0.4) is 0 Å². The summed E-state index contributed by atoms with van der Waals surface area (Å²) in [6.07, 6.45) is 2.28. The van der Waals surface area contributed by atoms with Crippen LogP contribution in [-0.4, -0.2) is 27.9 Å². The highest BCUT2D eigenvalue weighted by atomic mass is 35.5. The zero-order valence-electron chi connectivity index (χ0n) is 14.9. The Morgan fingerprint density at radius 1 is 1.21 bits per heavy atom. The van der Waals surface area contributed by atoms with Crippen LogP contribution in [0.4, 0.5) is 15.2 Å². The van der Waals surface area contributed by atoms with Gasteiger partial charge < -0.3 is 10.2 Å². The van der Waals surface area contributed by atoms with Gasteiger partial charge >= 0.3 is 0 Å². The number of rotatable bonds is 5. The molecule has 1 aliphatic rings. The lowest BCUT2D eigenvalue weighted by Gasteiger charge is -2.22. The first-order valence-electron chi connectivity index (χ1n) is 8.98. The van der Waals surface area contributed by atoms with E-state index in [1.807, 2.05) is 29.2 Å². The molecule has 0 saturated carbocycles. The number of nitrogens with one attached hydrogen (secondary N) is 1. The molecule has 1 aromatic heterocycles. The second-order valence-electron chi connectivity index (χ2n) is 6.64. The van der Waals surface area contributed by atoms with Crippen molar-refractivity contribution in [1.29, 1.82) is 0 Å². The van der Waals surface area contributed by atoms with Crippen molar-refractivity contribution in [2.24, 2.45) is 0 Å². The monoisotopic (exact) mass is 416 g/mol. The summed E-state index contributed by atoms with van der Waals surface area (Å²) in [4.78, 5) is 19.3. The molecule has 0 aliphatic carbocycles. The third-order valence-electron chi connectivity index (χ3n) is 4.65. The van der Waals surface area contributed by atoms with Crippen molar-refractivity contribution < 1.29 is 9.18 Å². The van der Waals surface area contributed by atoms with Gasteiger partial charge in [-0.15, -0.1) is 0 Å². The fourth-order valence-electron chi connectivity index (χ4n) is 3.25. The Morgan fingerprint density at radius 2 is 1.96 bits per heavy atom.